The molecule has 0 saturated heterocycles. The standard InChI is InChI=1S/C12H15N3O2/c1-9(17-3)8-15(2)12(16)11-5-4-10(6-13)7-14-11/h4-5,7,9H,8H2,1-3H3. The Balaban J connectivity index is 2.72. The molecule has 17 heavy (non-hydrogen) atoms. The van der Waals surface area contributed by atoms with Crippen molar-refractivity contribution in [2.24, 2.45) is 0 Å². The predicted molar refractivity (Wildman–Crippen MR) is 62.4 cm³/mol. The zero-order valence-corrected chi connectivity index (χ0v) is 10.2. The second-order valence-electron chi connectivity index (χ2n) is 3.78. The minimum absolute atomic E-state index is 0.0256. The lowest BCUT2D eigenvalue weighted by molar-refractivity contribution is 0.0595. The maximum atomic E-state index is 11.9. The highest BCUT2D eigenvalue weighted by Crippen LogP contribution is 2.03. The molecule has 0 N–H and O–H groups in total. The lowest BCUT2D eigenvalue weighted by Gasteiger charge is -2.20. The largest absolute Gasteiger partial charge is 0.380 e. The van der Waals surface area contributed by atoms with E-state index in [1.54, 1.807) is 31.2 Å². The summed E-state index contributed by atoms with van der Waals surface area (Å²) in [5.74, 6) is -0.182. The van der Waals surface area contributed by atoms with E-state index in [1.807, 2.05) is 13.0 Å². The van der Waals surface area contributed by atoms with Crippen LogP contribution < -0.4 is 0 Å². The Morgan fingerprint density at radius 3 is 2.82 bits per heavy atom. The number of carbonyl (C=O) groups is 1. The Kier molecular flexibility index (Phi) is 4.61. The summed E-state index contributed by atoms with van der Waals surface area (Å²) in [5.41, 5.74) is 0.768. The number of rotatable bonds is 4. The van der Waals surface area contributed by atoms with Gasteiger partial charge in [-0.2, -0.15) is 5.26 Å². The van der Waals surface area contributed by atoms with Gasteiger partial charge in [0, 0.05) is 26.9 Å². The van der Waals surface area contributed by atoms with E-state index in [0.29, 0.717) is 17.8 Å². The number of methoxy groups -OCH3 is 1. The number of hydrogen-bond donors (Lipinski definition) is 0. The maximum Gasteiger partial charge on any atom is 0.272 e. The van der Waals surface area contributed by atoms with Crippen LogP contribution in [0.5, 0.6) is 0 Å². The van der Waals surface area contributed by atoms with E-state index in [1.165, 1.54) is 6.20 Å². The number of amides is 1. The van der Waals surface area contributed by atoms with Gasteiger partial charge in [-0.15, -0.1) is 0 Å². The summed E-state index contributed by atoms with van der Waals surface area (Å²) in [6, 6.07) is 5.08. The first-order valence-electron chi connectivity index (χ1n) is 5.23. The molecule has 0 bridgehead atoms. The summed E-state index contributed by atoms with van der Waals surface area (Å²) in [6.07, 6.45) is 1.36. The zero-order chi connectivity index (χ0) is 12.8. The number of nitriles is 1. The number of nitrogens with zero attached hydrogens (tertiary/aromatic N) is 3. The average molecular weight is 233 g/mol. The molecule has 1 heterocycles. The summed E-state index contributed by atoms with van der Waals surface area (Å²) < 4.78 is 5.09. The molecular formula is C12H15N3O2. The van der Waals surface area contributed by atoms with E-state index in [0.717, 1.165) is 0 Å². The molecule has 5 heteroatoms. The number of likely N-dealkylation sites (N-methyl/N-ethyl adjacent to an activating group) is 1. The molecule has 1 unspecified atom stereocenters. The highest BCUT2D eigenvalue weighted by atomic mass is 16.5. The Hall–Kier alpha value is -1.93. The molecule has 0 saturated carbocycles. The average Bonchev–Trinajstić information content (AvgIpc) is 2.37. The first kappa shape index (κ1) is 13.1. The fourth-order valence-electron chi connectivity index (χ4n) is 1.33. The summed E-state index contributed by atoms with van der Waals surface area (Å²) in [5, 5.41) is 8.63. The fraction of sp³-hybridized carbons (Fsp3) is 0.417. The van der Waals surface area contributed by atoms with E-state index in [4.69, 9.17) is 10.00 Å². The molecule has 0 aliphatic rings. The molecule has 1 aromatic heterocycles. The summed E-state index contributed by atoms with van der Waals surface area (Å²) in [6.45, 7) is 2.38. The van der Waals surface area contributed by atoms with Crippen LogP contribution in [0.15, 0.2) is 18.3 Å². The minimum Gasteiger partial charge on any atom is -0.380 e. The molecule has 1 atom stereocenters. The third kappa shape index (κ3) is 3.54. The van der Waals surface area contributed by atoms with Gasteiger partial charge in [-0.05, 0) is 19.1 Å². The van der Waals surface area contributed by atoms with Crippen molar-refractivity contribution in [3.8, 4) is 6.07 Å². The quantitative estimate of drug-likeness (QED) is 0.780. The molecule has 0 fully saturated rings. The number of carbonyl (C=O) groups excluding carboxylic acids is 1. The summed E-state index contributed by atoms with van der Waals surface area (Å²) >= 11 is 0. The number of pyridine rings is 1. The fourth-order valence-corrected chi connectivity index (χ4v) is 1.33. The molecule has 0 radical (unpaired) electrons. The van der Waals surface area contributed by atoms with Gasteiger partial charge in [0.05, 0.1) is 11.7 Å². The molecule has 0 aliphatic carbocycles. The first-order valence-corrected chi connectivity index (χ1v) is 5.23. The van der Waals surface area contributed by atoms with Crippen molar-refractivity contribution < 1.29 is 9.53 Å². The highest BCUT2D eigenvalue weighted by Gasteiger charge is 2.15. The van der Waals surface area contributed by atoms with Crippen LogP contribution in [-0.2, 0) is 4.74 Å². The first-order chi connectivity index (χ1) is 8.08. The predicted octanol–water partition coefficient (Wildman–Crippen LogP) is 1.06. The van der Waals surface area contributed by atoms with Gasteiger partial charge in [0.1, 0.15) is 11.8 Å². The minimum atomic E-state index is -0.182. The van der Waals surface area contributed by atoms with Gasteiger partial charge in [-0.1, -0.05) is 0 Å². The van der Waals surface area contributed by atoms with Gasteiger partial charge in [0.25, 0.3) is 5.91 Å². The smallest absolute Gasteiger partial charge is 0.272 e. The molecule has 0 aromatic carbocycles. The van der Waals surface area contributed by atoms with Gasteiger partial charge in [-0.25, -0.2) is 4.98 Å². The van der Waals surface area contributed by atoms with Gasteiger partial charge in [0.15, 0.2) is 0 Å². The lowest BCUT2D eigenvalue weighted by atomic mass is 10.2. The van der Waals surface area contributed by atoms with Crippen molar-refractivity contribution in [2.45, 2.75) is 13.0 Å². The Bertz CT molecular complexity index is 422. The van der Waals surface area contributed by atoms with Crippen LogP contribution in [0.4, 0.5) is 0 Å². The van der Waals surface area contributed by atoms with Crippen LogP contribution in [0.1, 0.15) is 23.0 Å². The van der Waals surface area contributed by atoms with Crippen LogP contribution in [0.2, 0.25) is 0 Å². The Morgan fingerprint density at radius 2 is 2.35 bits per heavy atom. The van der Waals surface area contributed by atoms with Crippen molar-refractivity contribution in [3.05, 3.63) is 29.6 Å². The van der Waals surface area contributed by atoms with Crippen LogP contribution in [0, 0.1) is 11.3 Å². The Morgan fingerprint density at radius 1 is 1.65 bits per heavy atom. The van der Waals surface area contributed by atoms with Gasteiger partial charge in [-0.3, -0.25) is 4.79 Å². The third-order valence-corrected chi connectivity index (χ3v) is 2.39. The van der Waals surface area contributed by atoms with Gasteiger partial charge >= 0.3 is 0 Å². The van der Waals surface area contributed by atoms with Crippen LogP contribution in [0.3, 0.4) is 0 Å². The second-order valence-corrected chi connectivity index (χ2v) is 3.78. The molecule has 0 spiro atoms. The van der Waals surface area contributed by atoms with Crippen molar-refractivity contribution in [3.63, 3.8) is 0 Å². The molecule has 1 aromatic rings. The number of ether oxygens (including phenoxy) is 1. The van der Waals surface area contributed by atoms with E-state index >= 15 is 0 Å². The third-order valence-electron chi connectivity index (χ3n) is 2.39. The monoisotopic (exact) mass is 233 g/mol. The second kappa shape index (κ2) is 5.97. The zero-order valence-electron chi connectivity index (χ0n) is 10.2. The molecule has 1 rings (SSSR count). The normalized spacial score (nSPS) is 11.6. The molecule has 90 valence electrons. The highest BCUT2D eigenvalue weighted by molar-refractivity contribution is 5.92. The van der Waals surface area contributed by atoms with E-state index < -0.39 is 0 Å². The van der Waals surface area contributed by atoms with Crippen molar-refractivity contribution in [1.82, 2.24) is 9.88 Å². The van der Waals surface area contributed by atoms with Crippen LogP contribution in [0.25, 0.3) is 0 Å². The SMILES string of the molecule is COC(C)CN(C)C(=O)c1ccc(C#N)cn1. The van der Waals surface area contributed by atoms with Crippen molar-refractivity contribution in [1.29, 1.82) is 5.26 Å². The van der Waals surface area contributed by atoms with E-state index in [-0.39, 0.29) is 12.0 Å². The lowest BCUT2D eigenvalue weighted by Crippen LogP contribution is -2.34. The molecule has 0 aliphatic heterocycles. The molecular weight excluding hydrogens is 218 g/mol. The van der Waals surface area contributed by atoms with Gasteiger partial charge < -0.3 is 9.64 Å². The van der Waals surface area contributed by atoms with Crippen molar-refractivity contribution in [2.75, 3.05) is 20.7 Å². The molecule has 5 nitrogen and oxygen atoms in total. The maximum absolute atomic E-state index is 11.9. The van der Waals surface area contributed by atoms with Crippen LogP contribution >= 0.6 is 0 Å². The Labute approximate surface area is 101 Å². The van der Waals surface area contributed by atoms with E-state index in [9.17, 15) is 4.79 Å². The van der Waals surface area contributed by atoms with E-state index in [2.05, 4.69) is 4.98 Å². The van der Waals surface area contributed by atoms with Crippen LogP contribution in [-0.4, -0.2) is 42.6 Å². The summed E-state index contributed by atoms with van der Waals surface area (Å²) in [4.78, 5) is 17.4. The molecule has 1 amide bonds. The number of aromatic nitrogens is 1. The topological polar surface area (TPSA) is 66.2 Å². The summed E-state index contributed by atoms with van der Waals surface area (Å²) in [7, 11) is 3.29. The van der Waals surface area contributed by atoms with Crippen molar-refractivity contribution >= 4 is 5.91 Å². The number of hydrogen-bond acceptors (Lipinski definition) is 4. The van der Waals surface area contributed by atoms with Gasteiger partial charge in [0.2, 0.25) is 0 Å².